The molecule has 0 N–H and O–H groups in total. The van der Waals surface area contributed by atoms with Crippen molar-refractivity contribution in [2.75, 3.05) is 13.7 Å². The van der Waals surface area contributed by atoms with E-state index in [1.165, 1.54) is 5.56 Å². The Morgan fingerprint density at radius 2 is 1.76 bits per heavy atom. The van der Waals surface area contributed by atoms with Crippen molar-refractivity contribution < 1.29 is 4.74 Å². The van der Waals surface area contributed by atoms with E-state index in [9.17, 15) is 0 Å². The molecule has 0 aliphatic heterocycles. The Labute approximate surface area is 152 Å². The van der Waals surface area contributed by atoms with Crippen LogP contribution >= 0.6 is 12.2 Å². The Morgan fingerprint density at radius 3 is 2.44 bits per heavy atom. The van der Waals surface area contributed by atoms with Crippen LogP contribution in [0.2, 0.25) is 0 Å². The van der Waals surface area contributed by atoms with Gasteiger partial charge in [0.15, 0.2) is 0 Å². The van der Waals surface area contributed by atoms with Crippen LogP contribution in [0.3, 0.4) is 0 Å². The summed E-state index contributed by atoms with van der Waals surface area (Å²) in [6, 6.07) is 17.9. The van der Waals surface area contributed by atoms with Crippen LogP contribution in [0, 0.1) is 4.77 Å². The van der Waals surface area contributed by atoms with Crippen molar-refractivity contribution >= 4 is 12.2 Å². The van der Waals surface area contributed by atoms with Crippen molar-refractivity contribution in [1.29, 1.82) is 0 Å². The fraction of sp³-hybridized carbons (Fsp3) is 0.278. The first kappa shape index (κ1) is 17.3. The van der Waals surface area contributed by atoms with Gasteiger partial charge in [-0.1, -0.05) is 30.3 Å². The van der Waals surface area contributed by atoms with E-state index in [2.05, 4.69) is 27.5 Å². The number of benzene rings is 2. The van der Waals surface area contributed by atoms with E-state index >= 15 is 0 Å². The molecule has 0 bridgehead atoms. The summed E-state index contributed by atoms with van der Waals surface area (Å²) in [5, 5.41) is 8.34. The molecule has 0 atom stereocenters. The van der Waals surface area contributed by atoms with Gasteiger partial charge in [0.05, 0.1) is 19.0 Å². The summed E-state index contributed by atoms with van der Waals surface area (Å²) in [5.41, 5.74) is 2.11. The van der Waals surface area contributed by atoms with Gasteiger partial charge in [-0.2, -0.15) is 4.68 Å². The fourth-order valence-corrected chi connectivity index (χ4v) is 2.78. The molecule has 0 amide bonds. The molecule has 130 valence electrons. The van der Waals surface area contributed by atoms with Gasteiger partial charge in [0.1, 0.15) is 5.75 Å². The summed E-state index contributed by atoms with van der Waals surface area (Å²) in [6.07, 6.45) is 0. The predicted molar refractivity (Wildman–Crippen MR) is 99.3 cm³/mol. The summed E-state index contributed by atoms with van der Waals surface area (Å²) in [6.45, 7) is 4.01. The van der Waals surface area contributed by atoms with Gasteiger partial charge in [0.25, 0.3) is 0 Å². The number of aromatic nitrogens is 4. The number of para-hydroxylation sites is 1. The maximum atomic E-state index is 5.49. The third kappa shape index (κ3) is 4.32. The Morgan fingerprint density at radius 1 is 1.04 bits per heavy atom. The minimum Gasteiger partial charge on any atom is -0.494 e. The summed E-state index contributed by atoms with van der Waals surface area (Å²) in [4.78, 5) is 2.13. The second-order valence-corrected chi connectivity index (χ2v) is 6.11. The molecular formula is C18H21N5OS. The summed E-state index contributed by atoms with van der Waals surface area (Å²) in [5.74, 6) is 0.891. The topological polar surface area (TPSA) is 48.1 Å². The van der Waals surface area contributed by atoms with Crippen LogP contribution in [0.5, 0.6) is 5.75 Å². The van der Waals surface area contributed by atoms with Crippen LogP contribution in [-0.2, 0) is 13.2 Å². The van der Waals surface area contributed by atoms with E-state index in [4.69, 9.17) is 17.0 Å². The molecule has 0 unspecified atom stereocenters. The lowest BCUT2D eigenvalue weighted by atomic mass is 10.2. The summed E-state index contributed by atoms with van der Waals surface area (Å²) in [7, 11) is 2.03. The van der Waals surface area contributed by atoms with Crippen molar-refractivity contribution in [3.8, 4) is 11.4 Å². The van der Waals surface area contributed by atoms with E-state index in [0.717, 1.165) is 18.0 Å². The minimum atomic E-state index is 0.568. The molecule has 7 heteroatoms. The minimum absolute atomic E-state index is 0.568. The van der Waals surface area contributed by atoms with Gasteiger partial charge in [0.2, 0.25) is 4.77 Å². The van der Waals surface area contributed by atoms with Gasteiger partial charge < -0.3 is 4.74 Å². The molecule has 0 saturated heterocycles. The Bertz CT molecular complexity index is 857. The SMILES string of the molecule is CCOc1ccc(CN(C)Cn2nnn(-c3ccccc3)c2=S)cc1. The highest BCUT2D eigenvalue weighted by Crippen LogP contribution is 2.13. The van der Waals surface area contributed by atoms with E-state index in [0.29, 0.717) is 18.0 Å². The largest absolute Gasteiger partial charge is 0.494 e. The molecule has 0 aliphatic carbocycles. The monoisotopic (exact) mass is 355 g/mol. The predicted octanol–water partition coefficient (Wildman–Crippen LogP) is 3.29. The zero-order valence-electron chi connectivity index (χ0n) is 14.4. The Kier molecular flexibility index (Phi) is 5.57. The standard InChI is InChI=1S/C18H21N5OS/c1-3-24-17-11-9-15(10-12-17)13-21(2)14-22-18(25)23(20-19-22)16-7-5-4-6-8-16/h4-12H,3,13-14H2,1-2H3. The molecule has 1 heterocycles. The Hall–Kier alpha value is -2.51. The maximum absolute atomic E-state index is 5.49. The van der Waals surface area contributed by atoms with Gasteiger partial charge in [-0.25, -0.2) is 4.68 Å². The highest BCUT2D eigenvalue weighted by atomic mass is 32.1. The molecule has 1 aromatic heterocycles. The molecule has 6 nitrogen and oxygen atoms in total. The van der Waals surface area contributed by atoms with Crippen LogP contribution in [0.4, 0.5) is 0 Å². The van der Waals surface area contributed by atoms with Crippen LogP contribution < -0.4 is 4.74 Å². The zero-order valence-corrected chi connectivity index (χ0v) is 15.2. The number of hydrogen-bond donors (Lipinski definition) is 0. The molecule has 0 saturated carbocycles. The fourth-order valence-electron chi connectivity index (χ4n) is 2.54. The first-order valence-corrected chi connectivity index (χ1v) is 8.56. The second-order valence-electron chi connectivity index (χ2n) is 5.74. The number of tetrazole rings is 1. The lowest BCUT2D eigenvalue weighted by molar-refractivity contribution is 0.242. The first-order chi connectivity index (χ1) is 12.2. The molecule has 0 radical (unpaired) electrons. The molecule has 0 spiro atoms. The maximum Gasteiger partial charge on any atom is 0.221 e. The summed E-state index contributed by atoms with van der Waals surface area (Å²) >= 11 is 5.49. The quantitative estimate of drug-likeness (QED) is 0.609. The van der Waals surface area contributed by atoms with Gasteiger partial charge in [-0.15, -0.1) is 0 Å². The van der Waals surface area contributed by atoms with E-state index in [-0.39, 0.29) is 0 Å². The molecule has 3 rings (SSSR count). The van der Waals surface area contributed by atoms with Gasteiger partial charge in [-0.05, 0) is 66.4 Å². The number of ether oxygens (including phenoxy) is 1. The second kappa shape index (κ2) is 8.04. The molecule has 0 aliphatic rings. The smallest absolute Gasteiger partial charge is 0.221 e. The molecule has 3 aromatic rings. The number of nitrogens with zero attached hydrogens (tertiary/aromatic N) is 5. The van der Waals surface area contributed by atoms with E-state index in [1.807, 2.05) is 56.4 Å². The first-order valence-electron chi connectivity index (χ1n) is 8.16. The molecule has 25 heavy (non-hydrogen) atoms. The zero-order chi connectivity index (χ0) is 17.6. The van der Waals surface area contributed by atoms with Crippen LogP contribution in [0.1, 0.15) is 12.5 Å². The molecule has 2 aromatic carbocycles. The van der Waals surface area contributed by atoms with Crippen molar-refractivity contribution in [1.82, 2.24) is 24.7 Å². The third-order valence-electron chi connectivity index (χ3n) is 3.70. The van der Waals surface area contributed by atoms with Crippen LogP contribution in [0.25, 0.3) is 5.69 Å². The van der Waals surface area contributed by atoms with E-state index in [1.54, 1.807) is 9.36 Å². The Balaban J connectivity index is 1.66. The van der Waals surface area contributed by atoms with Crippen molar-refractivity contribution in [3.63, 3.8) is 0 Å². The lowest BCUT2D eigenvalue weighted by Crippen LogP contribution is -2.22. The van der Waals surface area contributed by atoms with Crippen molar-refractivity contribution in [2.45, 2.75) is 20.1 Å². The highest BCUT2D eigenvalue weighted by molar-refractivity contribution is 7.71. The molecule has 0 fully saturated rings. The van der Waals surface area contributed by atoms with E-state index < -0.39 is 0 Å². The van der Waals surface area contributed by atoms with Crippen molar-refractivity contribution in [3.05, 3.63) is 64.9 Å². The summed E-state index contributed by atoms with van der Waals surface area (Å²) < 4.78 is 9.43. The van der Waals surface area contributed by atoms with Crippen LogP contribution in [-0.4, -0.2) is 38.3 Å². The van der Waals surface area contributed by atoms with Gasteiger partial charge in [0, 0.05) is 6.54 Å². The van der Waals surface area contributed by atoms with Gasteiger partial charge >= 0.3 is 0 Å². The average molecular weight is 355 g/mol. The molecular weight excluding hydrogens is 334 g/mol. The number of hydrogen-bond acceptors (Lipinski definition) is 5. The highest BCUT2D eigenvalue weighted by Gasteiger charge is 2.08. The van der Waals surface area contributed by atoms with Crippen LogP contribution in [0.15, 0.2) is 54.6 Å². The number of rotatable bonds is 7. The van der Waals surface area contributed by atoms with Gasteiger partial charge in [-0.3, -0.25) is 4.90 Å². The average Bonchev–Trinajstić information content (AvgIpc) is 2.98. The normalized spacial score (nSPS) is 11.0. The lowest BCUT2D eigenvalue weighted by Gasteiger charge is -2.16. The third-order valence-corrected chi connectivity index (χ3v) is 4.09. The van der Waals surface area contributed by atoms with Crippen molar-refractivity contribution in [2.24, 2.45) is 0 Å².